The number of aryl methyl sites for hydroxylation is 3. The third-order valence-corrected chi connectivity index (χ3v) is 5.83. The van der Waals surface area contributed by atoms with Gasteiger partial charge in [-0.2, -0.15) is 0 Å². The highest BCUT2D eigenvalue weighted by molar-refractivity contribution is 6.46. The number of anilines is 2. The van der Waals surface area contributed by atoms with Crippen molar-refractivity contribution >= 4 is 40.4 Å². The number of benzene rings is 3. The van der Waals surface area contributed by atoms with E-state index in [0.29, 0.717) is 33.3 Å². The summed E-state index contributed by atoms with van der Waals surface area (Å²) in [6, 6.07) is 18.0. The maximum atomic E-state index is 13.6. The van der Waals surface area contributed by atoms with Crippen molar-refractivity contribution in [3.63, 3.8) is 0 Å². The number of carbonyl (C=O) groups is 2. The Morgan fingerprint density at radius 1 is 0.844 bits per heavy atom. The normalized spacial score (nSPS) is 13.7. The number of carbonyl (C=O) groups excluding carboxylic acids is 2. The molecule has 1 aliphatic heterocycles. The molecule has 0 bridgehead atoms. The quantitative estimate of drug-likeness (QED) is 0.513. The van der Waals surface area contributed by atoms with E-state index >= 15 is 0 Å². The van der Waals surface area contributed by atoms with Gasteiger partial charge in [0.15, 0.2) is 0 Å². The zero-order chi connectivity index (χ0) is 23.0. The van der Waals surface area contributed by atoms with E-state index in [1.165, 1.54) is 4.90 Å². The van der Waals surface area contributed by atoms with E-state index in [1.807, 2.05) is 57.2 Å². The van der Waals surface area contributed by atoms with Crippen LogP contribution in [0, 0.1) is 20.8 Å². The summed E-state index contributed by atoms with van der Waals surface area (Å²) < 4.78 is 5.46. The molecule has 1 heterocycles. The second-order valence-corrected chi connectivity index (χ2v) is 8.24. The van der Waals surface area contributed by atoms with E-state index < -0.39 is 11.8 Å². The van der Waals surface area contributed by atoms with Crippen LogP contribution in [-0.2, 0) is 9.59 Å². The smallest absolute Gasteiger partial charge is 0.282 e. The van der Waals surface area contributed by atoms with Gasteiger partial charge in [0, 0.05) is 5.02 Å². The van der Waals surface area contributed by atoms with Crippen molar-refractivity contribution in [1.29, 1.82) is 0 Å². The second kappa shape index (κ2) is 8.52. The molecule has 162 valence electrons. The number of imide groups is 1. The molecule has 1 N–H and O–H groups in total. The number of halogens is 1. The fourth-order valence-corrected chi connectivity index (χ4v) is 3.82. The molecule has 6 heteroatoms. The fraction of sp³-hybridized carbons (Fsp3) is 0.154. The second-order valence-electron chi connectivity index (χ2n) is 7.80. The summed E-state index contributed by atoms with van der Waals surface area (Å²) in [5, 5.41) is 3.72. The third-order valence-electron chi connectivity index (χ3n) is 5.58. The minimum absolute atomic E-state index is 0.206. The van der Waals surface area contributed by atoms with Gasteiger partial charge in [0.1, 0.15) is 11.4 Å². The van der Waals surface area contributed by atoms with Gasteiger partial charge >= 0.3 is 0 Å². The van der Waals surface area contributed by atoms with E-state index in [4.69, 9.17) is 16.3 Å². The molecule has 4 rings (SSSR count). The maximum Gasteiger partial charge on any atom is 0.282 e. The highest BCUT2D eigenvalue weighted by Crippen LogP contribution is 2.36. The van der Waals surface area contributed by atoms with Crippen LogP contribution in [0.1, 0.15) is 22.3 Å². The molecule has 0 aromatic heterocycles. The first-order chi connectivity index (χ1) is 15.3. The van der Waals surface area contributed by atoms with Crippen LogP contribution in [0.3, 0.4) is 0 Å². The van der Waals surface area contributed by atoms with E-state index in [-0.39, 0.29) is 5.70 Å². The van der Waals surface area contributed by atoms with Gasteiger partial charge in [0.05, 0.1) is 24.1 Å². The number of methoxy groups -OCH3 is 1. The molecule has 5 nitrogen and oxygen atoms in total. The van der Waals surface area contributed by atoms with Crippen molar-refractivity contribution in [3.8, 4) is 5.75 Å². The molecule has 32 heavy (non-hydrogen) atoms. The van der Waals surface area contributed by atoms with Gasteiger partial charge in [-0.3, -0.25) is 9.59 Å². The van der Waals surface area contributed by atoms with Crippen molar-refractivity contribution < 1.29 is 14.3 Å². The number of ether oxygens (including phenoxy) is 1. The molecular formula is C26H23ClN2O3. The summed E-state index contributed by atoms with van der Waals surface area (Å²) in [4.78, 5) is 28.3. The highest BCUT2D eigenvalue weighted by atomic mass is 35.5. The molecule has 0 spiro atoms. The molecule has 3 aromatic carbocycles. The number of amides is 2. The molecule has 0 unspecified atom stereocenters. The maximum absolute atomic E-state index is 13.6. The van der Waals surface area contributed by atoms with Gasteiger partial charge < -0.3 is 10.1 Å². The van der Waals surface area contributed by atoms with Crippen LogP contribution in [0.25, 0.3) is 5.57 Å². The number of hydrogen-bond acceptors (Lipinski definition) is 4. The van der Waals surface area contributed by atoms with Gasteiger partial charge in [0.25, 0.3) is 11.8 Å². The molecule has 0 saturated heterocycles. The molecule has 2 amide bonds. The van der Waals surface area contributed by atoms with Crippen molar-refractivity contribution in [1.82, 2.24) is 0 Å². The van der Waals surface area contributed by atoms with E-state index in [1.54, 1.807) is 31.4 Å². The van der Waals surface area contributed by atoms with Gasteiger partial charge in [0.2, 0.25) is 0 Å². The lowest BCUT2D eigenvalue weighted by Gasteiger charge is -2.16. The minimum atomic E-state index is -0.436. The Balaban J connectivity index is 1.87. The Morgan fingerprint density at radius 2 is 1.56 bits per heavy atom. The van der Waals surface area contributed by atoms with Crippen LogP contribution in [0.15, 0.2) is 66.4 Å². The Morgan fingerprint density at radius 3 is 2.22 bits per heavy atom. The molecule has 1 aliphatic rings. The number of nitrogens with one attached hydrogen (secondary N) is 1. The van der Waals surface area contributed by atoms with Crippen molar-refractivity contribution in [3.05, 3.63) is 93.6 Å². The zero-order valence-corrected chi connectivity index (χ0v) is 19.1. The van der Waals surface area contributed by atoms with Crippen LogP contribution >= 0.6 is 11.6 Å². The minimum Gasteiger partial charge on any atom is -0.495 e. The summed E-state index contributed by atoms with van der Waals surface area (Å²) in [6.07, 6.45) is 0. The Labute approximate surface area is 192 Å². The number of nitrogens with zero attached hydrogens (tertiary/aromatic N) is 1. The molecule has 0 radical (unpaired) electrons. The summed E-state index contributed by atoms with van der Waals surface area (Å²) in [5.74, 6) is -0.253. The summed E-state index contributed by atoms with van der Waals surface area (Å²) in [6.45, 7) is 5.94. The lowest BCUT2D eigenvalue weighted by molar-refractivity contribution is -0.120. The van der Waals surface area contributed by atoms with Gasteiger partial charge in [-0.25, -0.2) is 4.90 Å². The van der Waals surface area contributed by atoms with E-state index in [9.17, 15) is 9.59 Å². The Bertz CT molecular complexity index is 1260. The summed E-state index contributed by atoms with van der Waals surface area (Å²) in [7, 11) is 1.57. The van der Waals surface area contributed by atoms with E-state index in [2.05, 4.69) is 5.32 Å². The molecule has 0 atom stereocenters. The number of rotatable bonds is 5. The third kappa shape index (κ3) is 3.87. The first-order valence-electron chi connectivity index (χ1n) is 10.2. The zero-order valence-electron chi connectivity index (χ0n) is 18.3. The fourth-order valence-electron chi connectivity index (χ4n) is 3.69. The SMILES string of the molecule is COc1ccc(C)cc1NC1=C(c2ccc(C)c(C)c2)C(=O)N(c2ccc(Cl)cc2)C1=O. The van der Waals surface area contributed by atoms with Crippen molar-refractivity contribution in [2.45, 2.75) is 20.8 Å². The molecular weight excluding hydrogens is 424 g/mol. The first-order valence-corrected chi connectivity index (χ1v) is 10.6. The number of hydrogen-bond donors (Lipinski definition) is 1. The highest BCUT2D eigenvalue weighted by Gasteiger charge is 2.40. The average molecular weight is 447 g/mol. The molecule has 0 aliphatic carbocycles. The van der Waals surface area contributed by atoms with Gasteiger partial charge in [-0.15, -0.1) is 0 Å². The topological polar surface area (TPSA) is 58.6 Å². The van der Waals surface area contributed by atoms with Gasteiger partial charge in [-0.05, 0) is 79.4 Å². The van der Waals surface area contributed by atoms with Gasteiger partial charge in [-0.1, -0.05) is 35.9 Å². The first kappa shape index (κ1) is 21.7. The summed E-state index contributed by atoms with van der Waals surface area (Å²) in [5.41, 5.74) is 5.41. The van der Waals surface area contributed by atoms with Crippen LogP contribution in [0.5, 0.6) is 5.75 Å². The van der Waals surface area contributed by atoms with E-state index in [0.717, 1.165) is 16.7 Å². The van der Waals surface area contributed by atoms with Crippen LogP contribution < -0.4 is 15.0 Å². The lowest BCUT2D eigenvalue weighted by Crippen LogP contribution is -2.32. The predicted molar refractivity (Wildman–Crippen MR) is 128 cm³/mol. The monoisotopic (exact) mass is 446 g/mol. The van der Waals surface area contributed by atoms with Crippen LogP contribution in [-0.4, -0.2) is 18.9 Å². The standard InChI is InChI=1S/C26H23ClN2O3/c1-15-5-12-22(32-4)21(13-15)28-24-23(18-7-6-16(2)17(3)14-18)25(30)29(26(24)31)20-10-8-19(27)9-11-20/h5-14,28H,1-4H3. The van der Waals surface area contributed by atoms with Crippen LogP contribution in [0.4, 0.5) is 11.4 Å². The van der Waals surface area contributed by atoms with Crippen LogP contribution in [0.2, 0.25) is 5.02 Å². The Hall–Kier alpha value is -3.57. The Kier molecular flexibility index (Phi) is 5.76. The lowest BCUT2D eigenvalue weighted by atomic mass is 9.99. The average Bonchev–Trinajstić information content (AvgIpc) is 3.01. The largest absolute Gasteiger partial charge is 0.495 e. The predicted octanol–water partition coefficient (Wildman–Crippen LogP) is 5.67. The molecule has 3 aromatic rings. The summed E-state index contributed by atoms with van der Waals surface area (Å²) >= 11 is 6.01. The molecule has 0 fully saturated rings. The molecule has 0 saturated carbocycles. The van der Waals surface area contributed by atoms with Crippen molar-refractivity contribution in [2.75, 3.05) is 17.3 Å². The van der Waals surface area contributed by atoms with Crippen molar-refractivity contribution in [2.24, 2.45) is 0 Å².